The molecular weight excluding hydrogens is 448 g/mol. The lowest BCUT2D eigenvalue weighted by molar-refractivity contribution is 0.302. The molecule has 0 saturated heterocycles. The molecule has 2 nitrogen and oxygen atoms in total. The maximum atomic E-state index is 6.58. The predicted octanol–water partition coefficient (Wildman–Crippen LogP) is 8.96. The first-order chi connectivity index (χ1) is 14.2. The molecule has 0 heterocycles. The molecule has 0 aromatic heterocycles. The fourth-order valence-corrected chi connectivity index (χ4v) is 4.04. The molecule has 0 fully saturated rings. The first-order valence-corrected chi connectivity index (χ1v) is 12.6. The Morgan fingerprint density at radius 3 is 2.28 bits per heavy atom. The highest BCUT2D eigenvalue weighted by Crippen LogP contribution is 2.39. The Hall–Kier alpha value is -0.930. The van der Waals surface area contributed by atoms with Crippen molar-refractivity contribution in [2.75, 3.05) is 13.2 Å². The number of unbranched alkanes of at least 4 members (excludes halogenated alkanes) is 6. The van der Waals surface area contributed by atoms with Crippen molar-refractivity contribution < 1.29 is 9.47 Å². The molecule has 0 saturated carbocycles. The van der Waals surface area contributed by atoms with Gasteiger partial charge in [-0.3, -0.25) is 0 Å². The molecule has 2 aromatic rings. The van der Waals surface area contributed by atoms with Crippen LogP contribution in [0.15, 0.2) is 30.3 Å². The third kappa shape index (κ3) is 8.38. The van der Waals surface area contributed by atoms with E-state index in [1.807, 2.05) is 18.2 Å². The van der Waals surface area contributed by atoms with Gasteiger partial charge >= 0.3 is 0 Å². The van der Waals surface area contributed by atoms with Crippen molar-refractivity contribution in [3.63, 3.8) is 0 Å². The number of benzene rings is 2. The summed E-state index contributed by atoms with van der Waals surface area (Å²) in [5.41, 5.74) is 0. The highest BCUT2D eigenvalue weighted by molar-refractivity contribution is 9.09. The van der Waals surface area contributed by atoms with Gasteiger partial charge in [-0.2, -0.15) is 0 Å². The van der Waals surface area contributed by atoms with Gasteiger partial charge in [0.25, 0.3) is 0 Å². The van der Waals surface area contributed by atoms with Crippen LogP contribution in [0, 0.1) is 0 Å². The summed E-state index contributed by atoms with van der Waals surface area (Å²) in [5.74, 6) is 1.64. The minimum absolute atomic E-state index is 0.612. The molecule has 0 spiro atoms. The minimum Gasteiger partial charge on any atom is -0.493 e. The van der Waals surface area contributed by atoms with Gasteiger partial charge in [0.1, 0.15) is 11.5 Å². The average Bonchev–Trinajstić information content (AvgIpc) is 2.74. The van der Waals surface area contributed by atoms with E-state index in [0.29, 0.717) is 23.1 Å². The van der Waals surface area contributed by atoms with E-state index >= 15 is 0 Å². The molecule has 0 amide bonds. The summed E-state index contributed by atoms with van der Waals surface area (Å²) in [4.78, 5) is 0.612. The Morgan fingerprint density at radius 2 is 1.52 bits per heavy atom. The van der Waals surface area contributed by atoms with Gasteiger partial charge in [0, 0.05) is 21.7 Å². The van der Waals surface area contributed by atoms with Gasteiger partial charge in [0.15, 0.2) is 0 Å². The SMILES string of the molecule is CCCCCCCCOc1c(Cl)cc(OCCCCC(Br)CC)c2ccccc12. The summed E-state index contributed by atoms with van der Waals surface area (Å²) >= 11 is 10.3. The zero-order chi connectivity index (χ0) is 20.9. The van der Waals surface area contributed by atoms with Crippen LogP contribution in [0.3, 0.4) is 0 Å². The van der Waals surface area contributed by atoms with Crippen molar-refractivity contribution in [3.05, 3.63) is 35.4 Å². The first-order valence-electron chi connectivity index (χ1n) is 11.3. The van der Waals surface area contributed by atoms with Gasteiger partial charge in [0.05, 0.1) is 18.2 Å². The molecule has 0 radical (unpaired) electrons. The molecule has 1 unspecified atom stereocenters. The predicted molar refractivity (Wildman–Crippen MR) is 130 cm³/mol. The molecule has 29 heavy (non-hydrogen) atoms. The zero-order valence-electron chi connectivity index (χ0n) is 18.0. The van der Waals surface area contributed by atoms with E-state index in [0.717, 1.165) is 41.5 Å². The van der Waals surface area contributed by atoms with E-state index in [2.05, 4.69) is 41.9 Å². The molecule has 0 aliphatic heterocycles. The van der Waals surface area contributed by atoms with E-state index in [4.69, 9.17) is 21.1 Å². The van der Waals surface area contributed by atoms with Gasteiger partial charge in [-0.1, -0.05) is 97.7 Å². The summed E-state index contributed by atoms with van der Waals surface area (Å²) < 4.78 is 12.2. The van der Waals surface area contributed by atoms with Crippen LogP contribution in [0.4, 0.5) is 0 Å². The lowest BCUT2D eigenvalue weighted by Crippen LogP contribution is -2.02. The molecular formula is C25H36BrClO2. The Kier molecular flexibility index (Phi) is 11.9. The molecule has 1 atom stereocenters. The maximum Gasteiger partial charge on any atom is 0.145 e. The Morgan fingerprint density at radius 1 is 0.862 bits per heavy atom. The fraction of sp³-hybridized carbons (Fsp3) is 0.600. The normalized spacial score (nSPS) is 12.3. The van der Waals surface area contributed by atoms with E-state index in [1.165, 1.54) is 44.9 Å². The second kappa shape index (κ2) is 14.1. The molecule has 0 aliphatic rings. The number of rotatable bonds is 15. The van der Waals surface area contributed by atoms with Gasteiger partial charge in [-0.15, -0.1) is 0 Å². The standard InChI is InChI=1S/C25H36BrClO2/c1-3-5-6-7-8-12-18-29-25-22-16-10-9-15-21(22)24(19-23(25)27)28-17-13-11-14-20(26)4-2/h9-10,15-16,19-20H,3-8,11-14,17-18H2,1-2H3. The van der Waals surface area contributed by atoms with Crippen molar-refractivity contribution >= 4 is 38.3 Å². The van der Waals surface area contributed by atoms with Gasteiger partial charge < -0.3 is 9.47 Å². The van der Waals surface area contributed by atoms with E-state index < -0.39 is 0 Å². The van der Waals surface area contributed by atoms with Crippen LogP contribution in [-0.4, -0.2) is 18.0 Å². The average molecular weight is 484 g/mol. The zero-order valence-corrected chi connectivity index (χ0v) is 20.4. The number of hydrogen-bond acceptors (Lipinski definition) is 2. The van der Waals surface area contributed by atoms with Crippen molar-refractivity contribution in [1.82, 2.24) is 0 Å². The summed E-state index contributed by atoms with van der Waals surface area (Å²) in [5, 5.41) is 2.74. The van der Waals surface area contributed by atoms with Crippen LogP contribution in [0.1, 0.15) is 78.1 Å². The number of halogens is 2. The lowest BCUT2D eigenvalue weighted by Gasteiger charge is -2.15. The summed E-state index contributed by atoms with van der Waals surface area (Å²) in [6, 6.07) is 10.1. The third-order valence-electron chi connectivity index (χ3n) is 5.27. The first kappa shape index (κ1) is 24.3. The molecule has 4 heteroatoms. The van der Waals surface area contributed by atoms with Crippen LogP contribution >= 0.6 is 27.5 Å². The van der Waals surface area contributed by atoms with Crippen LogP contribution in [-0.2, 0) is 0 Å². The van der Waals surface area contributed by atoms with E-state index in [9.17, 15) is 0 Å². The fourth-order valence-electron chi connectivity index (χ4n) is 3.46. The van der Waals surface area contributed by atoms with Gasteiger partial charge in [0.2, 0.25) is 0 Å². The van der Waals surface area contributed by atoms with E-state index in [1.54, 1.807) is 0 Å². The van der Waals surface area contributed by atoms with Crippen molar-refractivity contribution in [2.45, 2.75) is 82.9 Å². The highest BCUT2D eigenvalue weighted by Gasteiger charge is 2.13. The molecule has 162 valence electrons. The number of hydrogen-bond donors (Lipinski definition) is 0. The Labute approximate surface area is 190 Å². The number of alkyl halides is 1. The van der Waals surface area contributed by atoms with Crippen molar-refractivity contribution in [3.8, 4) is 11.5 Å². The minimum atomic E-state index is 0.612. The van der Waals surface area contributed by atoms with E-state index in [-0.39, 0.29) is 0 Å². The lowest BCUT2D eigenvalue weighted by atomic mass is 10.1. The molecule has 2 rings (SSSR count). The van der Waals surface area contributed by atoms with Crippen molar-refractivity contribution in [1.29, 1.82) is 0 Å². The smallest absolute Gasteiger partial charge is 0.145 e. The van der Waals surface area contributed by atoms with Crippen LogP contribution < -0.4 is 9.47 Å². The molecule has 2 aromatic carbocycles. The molecule has 0 aliphatic carbocycles. The van der Waals surface area contributed by atoms with Gasteiger partial charge in [-0.25, -0.2) is 0 Å². The van der Waals surface area contributed by atoms with Crippen LogP contribution in [0.2, 0.25) is 5.02 Å². The molecule has 0 bridgehead atoms. The molecule has 0 N–H and O–H groups in total. The Balaban J connectivity index is 1.93. The van der Waals surface area contributed by atoms with Gasteiger partial charge in [-0.05, 0) is 32.1 Å². The second-order valence-electron chi connectivity index (χ2n) is 7.70. The van der Waals surface area contributed by atoms with Crippen LogP contribution in [0.25, 0.3) is 10.8 Å². The Bertz CT molecular complexity index is 719. The van der Waals surface area contributed by atoms with Crippen LogP contribution in [0.5, 0.6) is 11.5 Å². The highest BCUT2D eigenvalue weighted by atomic mass is 79.9. The maximum absolute atomic E-state index is 6.58. The third-order valence-corrected chi connectivity index (χ3v) is 6.65. The summed E-state index contributed by atoms with van der Waals surface area (Å²) in [7, 11) is 0. The summed E-state index contributed by atoms with van der Waals surface area (Å²) in [6.07, 6.45) is 12.1. The monoisotopic (exact) mass is 482 g/mol. The number of fused-ring (bicyclic) bond motifs is 1. The second-order valence-corrected chi connectivity index (χ2v) is 9.40. The topological polar surface area (TPSA) is 18.5 Å². The largest absolute Gasteiger partial charge is 0.493 e. The number of ether oxygens (including phenoxy) is 2. The quantitative estimate of drug-likeness (QED) is 0.186. The van der Waals surface area contributed by atoms with Crippen molar-refractivity contribution in [2.24, 2.45) is 0 Å². The summed E-state index contributed by atoms with van der Waals surface area (Å²) in [6.45, 7) is 5.87.